The number of hydrogen-bond donors (Lipinski definition) is 1. The number of aliphatic imine (C=N–C) groups is 1. The number of carbonyl (C=O) groups excluding carboxylic acids is 1. The third-order valence-electron chi connectivity index (χ3n) is 5.52. The molecular formula is C23H20Cl2F3N3O2S. The maximum absolute atomic E-state index is 14.2. The smallest absolute Gasteiger partial charge is 0.374 e. The first-order chi connectivity index (χ1) is 15.8. The van der Waals surface area contributed by atoms with E-state index in [4.69, 9.17) is 28.0 Å². The molecule has 1 unspecified atom stereocenters. The Labute approximate surface area is 208 Å². The predicted octanol–water partition coefficient (Wildman–Crippen LogP) is 6.50. The summed E-state index contributed by atoms with van der Waals surface area (Å²) < 4.78 is 42.5. The number of amidine groups is 1. The third kappa shape index (κ3) is 4.78. The van der Waals surface area contributed by atoms with Crippen LogP contribution in [0.3, 0.4) is 0 Å². The lowest BCUT2D eigenvalue weighted by Crippen LogP contribution is -2.42. The van der Waals surface area contributed by atoms with Gasteiger partial charge < -0.3 is 10.2 Å². The van der Waals surface area contributed by atoms with E-state index in [9.17, 15) is 18.0 Å². The molecule has 1 N–H and O–H groups in total. The van der Waals surface area contributed by atoms with E-state index >= 15 is 0 Å². The lowest BCUT2D eigenvalue weighted by molar-refractivity contribution is -0.275. The van der Waals surface area contributed by atoms with E-state index < -0.39 is 18.2 Å². The molecule has 2 heterocycles. The highest BCUT2D eigenvalue weighted by molar-refractivity contribution is 8.15. The Morgan fingerprint density at radius 2 is 1.82 bits per heavy atom. The predicted molar refractivity (Wildman–Crippen MR) is 129 cm³/mol. The van der Waals surface area contributed by atoms with Crippen LogP contribution < -0.4 is 5.32 Å². The van der Waals surface area contributed by atoms with E-state index in [1.54, 1.807) is 25.1 Å². The molecule has 0 spiro atoms. The molecule has 0 aliphatic carbocycles. The topological polar surface area (TPSA) is 63.0 Å². The first-order valence-corrected chi connectivity index (χ1v) is 11.8. The van der Waals surface area contributed by atoms with Gasteiger partial charge in [-0.15, -0.1) is 0 Å². The molecule has 5 nitrogen and oxygen atoms in total. The number of alkyl halides is 3. The molecular weight excluding hydrogens is 510 g/mol. The third-order valence-corrected chi connectivity index (χ3v) is 7.06. The van der Waals surface area contributed by atoms with E-state index in [1.807, 2.05) is 13.8 Å². The number of oxime groups is 1. The molecule has 1 amide bonds. The van der Waals surface area contributed by atoms with Crippen LogP contribution >= 0.6 is 35.0 Å². The molecule has 0 aromatic heterocycles. The van der Waals surface area contributed by atoms with Crippen molar-refractivity contribution in [3.8, 4) is 0 Å². The number of rotatable bonds is 3. The Kier molecular flexibility index (Phi) is 6.42. The number of aryl methyl sites for hydroxylation is 1. The van der Waals surface area contributed by atoms with Gasteiger partial charge in [0, 0.05) is 32.3 Å². The fraction of sp³-hybridized carbons (Fsp3) is 0.348. The number of halogens is 5. The molecule has 4 rings (SSSR count). The number of carbonyl (C=O) groups is 1. The molecule has 0 saturated carbocycles. The van der Waals surface area contributed by atoms with Crippen LogP contribution in [-0.2, 0) is 10.4 Å². The molecule has 2 aromatic carbocycles. The molecule has 2 aromatic rings. The van der Waals surface area contributed by atoms with Crippen LogP contribution in [0.5, 0.6) is 0 Å². The number of benzene rings is 2. The van der Waals surface area contributed by atoms with Gasteiger partial charge in [0.2, 0.25) is 0 Å². The molecule has 34 heavy (non-hydrogen) atoms. The standard InChI is InChI=1S/C23H20Cl2F3N3O2S/c1-12-6-13(4-5-17(12)19(32)30-20-29-11-21(2,3)34-20)18-10-22(33-31-18,23(26,27)28)14-7-15(24)9-16(25)8-14/h4-9H,10-11H2,1-3H3,(H,29,30,32). The van der Waals surface area contributed by atoms with Crippen molar-refractivity contribution >= 4 is 51.8 Å². The van der Waals surface area contributed by atoms with Crippen molar-refractivity contribution in [3.05, 3.63) is 68.7 Å². The fourth-order valence-electron chi connectivity index (χ4n) is 3.76. The van der Waals surface area contributed by atoms with Crippen LogP contribution in [0.2, 0.25) is 10.0 Å². The maximum Gasteiger partial charge on any atom is 0.435 e. The number of hydrogen-bond acceptors (Lipinski definition) is 5. The summed E-state index contributed by atoms with van der Waals surface area (Å²) in [5.41, 5.74) is -1.47. The average Bonchev–Trinajstić information content (AvgIpc) is 3.31. The van der Waals surface area contributed by atoms with Gasteiger partial charge in [0.05, 0.1) is 12.3 Å². The molecule has 180 valence electrons. The SMILES string of the molecule is Cc1cc(C2=NOC(c3cc(Cl)cc(Cl)c3)(C(F)(F)F)C2)ccc1C(=O)NC1=NCC(C)(C)S1. The van der Waals surface area contributed by atoms with Crippen molar-refractivity contribution in [1.82, 2.24) is 5.32 Å². The molecule has 2 aliphatic heterocycles. The quantitative estimate of drug-likeness (QED) is 0.493. The number of nitrogens with zero attached hydrogens (tertiary/aromatic N) is 2. The Balaban J connectivity index is 1.57. The van der Waals surface area contributed by atoms with Crippen molar-refractivity contribution < 1.29 is 22.8 Å². The summed E-state index contributed by atoms with van der Waals surface area (Å²) in [6.07, 6.45) is -5.35. The molecule has 0 saturated heterocycles. The monoisotopic (exact) mass is 529 g/mol. The summed E-state index contributed by atoms with van der Waals surface area (Å²) in [5, 5.41) is 7.21. The lowest BCUT2D eigenvalue weighted by atomic mass is 9.86. The van der Waals surface area contributed by atoms with Crippen LogP contribution in [0.1, 0.15) is 47.3 Å². The van der Waals surface area contributed by atoms with Crippen LogP contribution in [0.25, 0.3) is 0 Å². The minimum absolute atomic E-state index is 0.0582. The molecule has 0 fully saturated rings. The van der Waals surface area contributed by atoms with Crippen LogP contribution in [0.15, 0.2) is 46.5 Å². The highest BCUT2D eigenvalue weighted by atomic mass is 35.5. The second kappa shape index (κ2) is 8.77. The Hall–Kier alpha value is -2.23. The highest BCUT2D eigenvalue weighted by Crippen LogP contribution is 2.49. The first kappa shape index (κ1) is 24.9. The zero-order chi connectivity index (χ0) is 24.9. The van der Waals surface area contributed by atoms with Gasteiger partial charge >= 0.3 is 6.18 Å². The van der Waals surface area contributed by atoms with E-state index in [1.165, 1.54) is 30.0 Å². The zero-order valence-electron chi connectivity index (χ0n) is 18.4. The van der Waals surface area contributed by atoms with E-state index in [0.717, 1.165) is 0 Å². The summed E-state index contributed by atoms with van der Waals surface area (Å²) in [6, 6.07) is 8.40. The minimum Gasteiger partial charge on any atom is -0.374 e. The maximum atomic E-state index is 14.2. The Morgan fingerprint density at radius 1 is 1.15 bits per heavy atom. The molecule has 0 bridgehead atoms. The van der Waals surface area contributed by atoms with Gasteiger partial charge in [0.25, 0.3) is 11.5 Å². The van der Waals surface area contributed by atoms with Gasteiger partial charge in [0.15, 0.2) is 5.17 Å². The van der Waals surface area contributed by atoms with Crippen molar-refractivity contribution in [3.63, 3.8) is 0 Å². The fourth-order valence-corrected chi connectivity index (χ4v) is 5.21. The van der Waals surface area contributed by atoms with Crippen molar-refractivity contribution in [2.75, 3.05) is 6.54 Å². The van der Waals surface area contributed by atoms with Crippen molar-refractivity contribution in [2.24, 2.45) is 10.1 Å². The average molecular weight is 530 g/mol. The summed E-state index contributed by atoms with van der Waals surface area (Å²) in [5.74, 6) is -0.337. The van der Waals surface area contributed by atoms with Gasteiger partial charge in [-0.25, -0.2) is 0 Å². The van der Waals surface area contributed by atoms with E-state index in [-0.39, 0.29) is 32.0 Å². The number of thioether (sulfide) groups is 1. The summed E-state index contributed by atoms with van der Waals surface area (Å²) in [4.78, 5) is 22.1. The van der Waals surface area contributed by atoms with E-state index in [2.05, 4.69) is 15.5 Å². The largest absolute Gasteiger partial charge is 0.435 e. The number of amides is 1. The zero-order valence-corrected chi connectivity index (χ0v) is 20.7. The first-order valence-electron chi connectivity index (χ1n) is 10.2. The van der Waals surface area contributed by atoms with Crippen LogP contribution in [0.4, 0.5) is 13.2 Å². The number of nitrogens with one attached hydrogen (secondary N) is 1. The van der Waals surface area contributed by atoms with Gasteiger partial charge in [0.1, 0.15) is 0 Å². The van der Waals surface area contributed by atoms with Gasteiger partial charge in [-0.3, -0.25) is 9.79 Å². The molecule has 0 radical (unpaired) electrons. The second-order valence-electron chi connectivity index (χ2n) is 8.76. The molecule has 11 heteroatoms. The van der Waals surface area contributed by atoms with Crippen LogP contribution in [0, 0.1) is 6.92 Å². The van der Waals surface area contributed by atoms with Gasteiger partial charge in [-0.2, -0.15) is 13.2 Å². The summed E-state index contributed by atoms with van der Waals surface area (Å²) in [7, 11) is 0. The summed E-state index contributed by atoms with van der Waals surface area (Å²) >= 11 is 13.4. The van der Waals surface area contributed by atoms with Crippen molar-refractivity contribution in [1.29, 1.82) is 0 Å². The Bertz CT molecular complexity index is 1210. The highest BCUT2D eigenvalue weighted by Gasteiger charge is 2.62. The molecule has 1 atom stereocenters. The second-order valence-corrected chi connectivity index (χ2v) is 11.3. The van der Waals surface area contributed by atoms with Crippen molar-refractivity contribution in [2.45, 2.75) is 43.7 Å². The van der Waals surface area contributed by atoms with E-state index in [0.29, 0.717) is 28.4 Å². The molecule has 2 aliphatic rings. The van der Waals surface area contributed by atoms with Gasteiger partial charge in [-0.1, -0.05) is 46.2 Å². The normalized spacial score (nSPS) is 21.6. The lowest BCUT2D eigenvalue weighted by Gasteiger charge is -2.29. The minimum atomic E-state index is -4.78. The van der Waals surface area contributed by atoms with Crippen LogP contribution in [-0.4, -0.2) is 34.3 Å². The summed E-state index contributed by atoms with van der Waals surface area (Å²) in [6.45, 7) is 6.37. The Morgan fingerprint density at radius 3 is 2.38 bits per heavy atom. The van der Waals surface area contributed by atoms with Gasteiger partial charge in [-0.05, 0) is 62.2 Å².